The van der Waals surface area contributed by atoms with E-state index in [2.05, 4.69) is 0 Å². The SMILES string of the molecule is CC.CCOc1ccc(/C(N)=C/C=C(N)N)cc1. The Kier molecular flexibility index (Phi) is 7.94. The van der Waals surface area contributed by atoms with Gasteiger partial charge in [0.1, 0.15) is 5.75 Å². The molecule has 18 heavy (non-hydrogen) atoms. The van der Waals surface area contributed by atoms with Crippen LogP contribution in [-0.4, -0.2) is 6.61 Å². The van der Waals surface area contributed by atoms with Gasteiger partial charge in [-0.2, -0.15) is 0 Å². The summed E-state index contributed by atoms with van der Waals surface area (Å²) in [6.07, 6.45) is 3.23. The lowest BCUT2D eigenvalue weighted by Crippen LogP contribution is -2.07. The summed E-state index contributed by atoms with van der Waals surface area (Å²) >= 11 is 0. The van der Waals surface area contributed by atoms with E-state index in [0.717, 1.165) is 11.3 Å². The van der Waals surface area contributed by atoms with Gasteiger partial charge in [-0.1, -0.05) is 13.8 Å². The van der Waals surface area contributed by atoms with E-state index in [1.165, 1.54) is 0 Å². The van der Waals surface area contributed by atoms with Gasteiger partial charge in [0.05, 0.1) is 12.4 Å². The summed E-state index contributed by atoms with van der Waals surface area (Å²) in [4.78, 5) is 0. The molecule has 100 valence electrons. The van der Waals surface area contributed by atoms with E-state index in [1.807, 2.05) is 45.0 Å². The number of ether oxygens (including phenoxy) is 1. The molecule has 0 atom stereocenters. The van der Waals surface area contributed by atoms with E-state index >= 15 is 0 Å². The number of hydrogen-bond donors (Lipinski definition) is 3. The Labute approximate surface area is 109 Å². The van der Waals surface area contributed by atoms with Crippen LogP contribution in [0.1, 0.15) is 26.3 Å². The smallest absolute Gasteiger partial charge is 0.119 e. The van der Waals surface area contributed by atoms with E-state index in [4.69, 9.17) is 21.9 Å². The van der Waals surface area contributed by atoms with Crippen LogP contribution in [0.5, 0.6) is 5.75 Å². The van der Waals surface area contributed by atoms with Crippen LogP contribution in [0.4, 0.5) is 0 Å². The largest absolute Gasteiger partial charge is 0.494 e. The Morgan fingerprint density at radius 1 is 1.06 bits per heavy atom. The molecule has 1 rings (SSSR count). The summed E-state index contributed by atoms with van der Waals surface area (Å²) in [6.45, 7) is 6.59. The monoisotopic (exact) mass is 249 g/mol. The third kappa shape index (κ3) is 5.84. The van der Waals surface area contributed by atoms with Crippen molar-refractivity contribution in [1.29, 1.82) is 0 Å². The summed E-state index contributed by atoms with van der Waals surface area (Å²) in [5.41, 5.74) is 17.9. The Balaban J connectivity index is 0.00000137. The van der Waals surface area contributed by atoms with Crippen LogP contribution in [0.15, 0.2) is 42.2 Å². The van der Waals surface area contributed by atoms with Gasteiger partial charge in [-0.05, 0) is 48.9 Å². The average Bonchev–Trinajstić information content (AvgIpc) is 2.39. The highest BCUT2D eigenvalue weighted by atomic mass is 16.5. The topological polar surface area (TPSA) is 87.3 Å². The van der Waals surface area contributed by atoms with Crippen molar-refractivity contribution in [2.24, 2.45) is 17.2 Å². The quantitative estimate of drug-likeness (QED) is 0.714. The van der Waals surface area contributed by atoms with Crippen LogP contribution in [0.3, 0.4) is 0 Å². The number of allylic oxidation sites excluding steroid dienone is 2. The zero-order valence-corrected chi connectivity index (χ0v) is 11.3. The van der Waals surface area contributed by atoms with Crippen LogP contribution in [0.2, 0.25) is 0 Å². The fourth-order valence-electron chi connectivity index (χ4n) is 1.19. The molecule has 0 unspecified atom stereocenters. The molecule has 0 amide bonds. The van der Waals surface area contributed by atoms with Crippen LogP contribution >= 0.6 is 0 Å². The summed E-state index contributed by atoms with van der Waals surface area (Å²) in [5, 5.41) is 0. The standard InChI is InChI=1S/C12H17N3O.C2H6/c1-2-16-10-5-3-9(4-6-10)11(13)7-8-12(14)15;1-2/h3-8H,2,13-15H2,1H3;1-2H3/b11-7-;. The highest BCUT2D eigenvalue weighted by Gasteiger charge is 1.96. The molecule has 0 spiro atoms. The molecule has 0 bridgehead atoms. The Morgan fingerprint density at radius 2 is 1.61 bits per heavy atom. The fraction of sp³-hybridized carbons (Fsp3) is 0.286. The van der Waals surface area contributed by atoms with E-state index < -0.39 is 0 Å². The van der Waals surface area contributed by atoms with Crippen LogP contribution in [0.25, 0.3) is 5.70 Å². The summed E-state index contributed by atoms with van der Waals surface area (Å²) < 4.78 is 5.33. The number of rotatable bonds is 4. The van der Waals surface area contributed by atoms with Gasteiger partial charge >= 0.3 is 0 Å². The van der Waals surface area contributed by atoms with Gasteiger partial charge in [0.15, 0.2) is 0 Å². The normalized spacial score (nSPS) is 10.1. The third-order valence-electron chi connectivity index (χ3n) is 1.95. The molecule has 0 radical (unpaired) electrons. The summed E-state index contributed by atoms with van der Waals surface area (Å²) in [7, 11) is 0. The first-order chi connectivity index (χ1) is 8.63. The molecule has 6 N–H and O–H groups in total. The van der Waals surface area contributed by atoms with Gasteiger partial charge in [-0.3, -0.25) is 0 Å². The molecule has 0 saturated carbocycles. The van der Waals surface area contributed by atoms with Crippen molar-refractivity contribution in [3.05, 3.63) is 47.8 Å². The van der Waals surface area contributed by atoms with Crippen molar-refractivity contribution < 1.29 is 4.74 Å². The van der Waals surface area contributed by atoms with E-state index in [9.17, 15) is 0 Å². The summed E-state index contributed by atoms with van der Waals surface area (Å²) in [6, 6.07) is 7.51. The Hall–Kier alpha value is -2.10. The predicted octanol–water partition coefficient (Wildman–Crippen LogP) is 2.17. The molecule has 4 heteroatoms. The zero-order chi connectivity index (χ0) is 14.0. The minimum atomic E-state index is 0.230. The molecular weight excluding hydrogens is 226 g/mol. The molecule has 0 heterocycles. The number of benzene rings is 1. The van der Waals surface area contributed by atoms with Crippen molar-refractivity contribution in [2.45, 2.75) is 20.8 Å². The lowest BCUT2D eigenvalue weighted by Gasteiger charge is -2.04. The van der Waals surface area contributed by atoms with Crippen LogP contribution < -0.4 is 21.9 Å². The van der Waals surface area contributed by atoms with Gasteiger partial charge < -0.3 is 21.9 Å². The maximum atomic E-state index is 5.83. The molecule has 0 aliphatic heterocycles. The Morgan fingerprint density at radius 3 is 2.06 bits per heavy atom. The highest BCUT2D eigenvalue weighted by molar-refractivity contribution is 5.64. The second-order valence-electron chi connectivity index (χ2n) is 3.25. The van der Waals surface area contributed by atoms with E-state index in [1.54, 1.807) is 12.2 Å². The maximum Gasteiger partial charge on any atom is 0.119 e. The van der Waals surface area contributed by atoms with Gasteiger partial charge in [0.2, 0.25) is 0 Å². The molecule has 1 aromatic carbocycles. The van der Waals surface area contributed by atoms with Gasteiger partial charge in [-0.15, -0.1) is 0 Å². The second kappa shape index (κ2) is 8.98. The zero-order valence-electron chi connectivity index (χ0n) is 11.3. The van der Waals surface area contributed by atoms with Gasteiger partial charge in [0.25, 0.3) is 0 Å². The van der Waals surface area contributed by atoms with Crippen molar-refractivity contribution in [3.8, 4) is 5.75 Å². The molecular formula is C14H23N3O. The lowest BCUT2D eigenvalue weighted by atomic mass is 10.1. The predicted molar refractivity (Wildman–Crippen MR) is 77.6 cm³/mol. The molecule has 0 aliphatic rings. The van der Waals surface area contributed by atoms with Gasteiger partial charge in [-0.25, -0.2) is 0 Å². The van der Waals surface area contributed by atoms with Crippen molar-refractivity contribution >= 4 is 5.70 Å². The van der Waals surface area contributed by atoms with E-state index in [0.29, 0.717) is 12.3 Å². The average molecular weight is 249 g/mol. The molecule has 0 aromatic heterocycles. The van der Waals surface area contributed by atoms with Crippen molar-refractivity contribution in [3.63, 3.8) is 0 Å². The minimum absolute atomic E-state index is 0.230. The minimum Gasteiger partial charge on any atom is -0.494 e. The maximum absolute atomic E-state index is 5.83. The van der Waals surface area contributed by atoms with Crippen LogP contribution in [0, 0.1) is 0 Å². The molecule has 4 nitrogen and oxygen atoms in total. The first-order valence-electron chi connectivity index (χ1n) is 6.05. The first kappa shape index (κ1) is 15.9. The molecule has 0 saturated heterocycles. The third-order valence-corrected chi connectivity index (χ3v) is 1.95. The van der Waals surface area contributed by atoms with E-state index in [-0.39, 0.29) is 5.82 Å². The number of hydrogen-bond acceptors (Lipinski definition) is 4. The van der Waals surface area contributed by atoms with Crippen LogP contribution in [-0.2, 0) is 0 Å². The number of nitrogens with two attached hydrogens (primary N) is 3. The Bertz CT molecular complexity index is 390. The van der Waals surface area contributed by atoms with Crippen molar-refractivity contribution in [2.75, 3.05) is 6.61 Å². The molecule has 1 aromatic rings. The molecule has 0 fully saturated rings. The first-order valence-corrected chi connectivity index (χ1v) is 6.05. The van der Waals surface area contributed by atoms with Gasteiger partial charge in [0, 0.05) is 5.70 Å². The lowest BCUT2D eigenvalue weighted by molar-refractivity contribution is 0.340. The fourth-order valence-corrected chi connectivity index (χ4v) is 1.19. The molecule has 0 aliphatic carbocycles. The summed E-state index contributed by atoms with van der Waals surface area (Å²) in [5.74, 6) is 1.06. The van der Waals surface area contributed by atoms with Crippen molar-refractivity contribution in [1.82, 2.24) is 0 Å². The highest BCUT2D eigenvalue weighted by Crippen LogP contribution is 2.15. The second-order valence-corrected chi connectivity index (χ2v) is 3.25.